The van der Waals surface area contributed by atoms with Crippen molar-refractivity contribution < 1.29 is 0 Å². The predicted molar refractivity (Wildman–Crippen MR) is 72.7 cm³/mol. The molecule has 1 unspecified atom stereocenters. The van der Waals surface area contributed by atoms with Crippen LogP contribution in [0.5, 0.6) is 0 Å². The van der Waals surface area contributed by atoms with E-state index >= 15 is 0 Å². The first kappa shape index (κ1) is 12.6. The molecule has 3 nitrogen and oxygen atoms in total. The molecule has 2 heterocycles. The normalized spacial score (nSPS) is 12.9. The highest BCUT2D eigenvalue weighted by atomic mass is 35.5. The van der Waals surface area contributed by atoms with Crippen LogP contribution in [0, 0.1) is 6.92 Å². The molecule has 0 bridgehead atoms. The molecule has 2 rings (SSSR count). The Kier molecular flexibility index (Phi) is 4.20. The number of aromatic nitrogens is 2. The van der Waals surface area contributed by atoms with Crippen molar-refractivity contribution in [1.29, 1.82) is 0 Å². The smallest absolute Gasteiger partial charge is 0.0814 e. The SMILES string of the molecule is Cc1nn(CCNC(C)c2cccs2)cc1Cl. The minimum absolute atomic E-state index is 0.391. The number of aryl methyl sites for hydroxylation is 1. The molecule has 0 aliphatic rings. The zero-order valence-corrected chi connectivity index (χ0v) is 11.6. The molecule has 17 heavy (non-hydrogen) atoms. The van der Waals surface area contributed by atoms with Crippen LogP contribution in [0.2, 0.25) is 5.02 Å². The van der Waals surface area contributed by atoms with E-state index in [1.807, 2.05) is 17.8 Å². The molecule has 0 saturated heterocycles. The third-order valence-electron chi connectivity index (χ3n) is 2.65. The van der Waals surface area contributed by atoms with E-state index in [4.69, 9.17) is 11.6 Å². The maximum Gasteiger partial charge on any atom is 0.0814 e. The van der Waals surface area contributed by atoms with Gasteiger partial charge in [0, 0.05) is 23.7 Å². The van der Waals surface area contributed by atoms with Crippen molar-refractivity contribution in [2.24, 2.45) is 0 Å². The lowest BCUT2D eigenvalue weighted by molar-refractivity contribution is 0.510. The van der Waals surface area contributed by atoms with E-state index in [0.717, 1.165) is 23.8 Å². The van der Waals surface area contributed by atoms with Crippen LogP contribution in [0.4, 0.5) is 0 Å². The molecule has 0 aliphatic carbocycles. The van der Waals surface area contributed by atoms with Crippen molar-refractivity contribution in [2.75, 3.05) is 6.54 Å². The Morgan fingerprint density at radius 3 is 3.00 bits per heavy atom. The van der Waals surface area contributed by atoms with E-state index in [-0.39, 0.29) is 0 Å². The van der Waals surface area contributed by atoms with Crippen LogP contribution in [0.1, 0.15) is 23.5 Å². The maximum atomic E-state index is 5.95. The summed E-state index contributed by atoms with van der Waals surface area (Å²) in [6.07, 6.45) is 1.87. The molecule has 0 fully saturated rings. The second-order valence-corrected chi connectivity index (χ2v) is 5.40. The largest absolute Gasteiger partial charge is 0.308 e. The Hall–Kier alpha value is -0.840. The molecule has 0 aromatic carbocycles. The summed E-state index contributed by atoms with van der Waals surface area (Å²) in [6.45, 7) is 5.81. The Morgan fingerprint density at radius 1 is 1.59 bits per heavy atom. The molecule has 92 valence electrons. The highest BCUT2D eigenvalue weighted by Gasteiger charge is 2.06. The van der Waals surface area contributed by atoms with E-state index in [1.165, 1.54) is 4.88 Å². The molecule has 0 aliphatic heterocycles. The van der Waals surface area contributed by atoms with Gasteiger partial charge in [0.15, 0.2) is 0 Å². The van der Waals surface area contributed by atoms with Gasteiger partial charge < -0.3 is 5.32 Å². The van der Waals surface area contributed by atoms with Crippen molar-refractivity contribution in [1.82, 2.24) is 15.1 Å². The zero-order valence-electron chi connectivity index (χ0n) is 9.98. The first-order valence-corrected chi connectivity index (χ1v) is 6.89. The monoisotopic (exact) mass is 269 g/mol. The van der Waals surface area contributed by atoms with Gasteiger partial charge >= 0.3 is 0 Å². The average molecular weight is 270 g/mol. The fourth-order valence-electron chi connectivity index (χ4n) is 1.64. The Morgan fingerprint density at radius 2 is 2.41 bits per heavy atom. The van der Waals surface area contributed by atoms with Crippen LogP contribution in [0.25, 0.3) is 0 Å². The molecule has 2 aromatic heterocycles. The van der Waals surface area contributed by atoms with Crippen molar-refractivity contribution in [3.63, 3.8) is 0 Å². The van der Waals surface area contributed by atoms with Crippen LogP contribution in [0.3, 0.4) is 0 Å². The first-order chi connectivity index (χ1) is 8.16. The van der Waals surface area contributed by atoms with Gasteiger partial charge in [0.2, 0.25) is 0 Å². The number of halogens is 1. The first-order valence-electron chi connectivity index (χ1n) is 5.63. The highest BCUT2D eigenvalue weighted by molar-refractivity contribution is 7.10. The Bertz CT molecular complexity index is 445. The van der Waals surface area contributed by atoms with Gasteiger partial charge in [0.1, 0.15) is 0 Å². The summed E-state index contributed by atoms with van der Waals surface area (Å²) in [5.74, 6) is 0. The van der Waals surface area contributed by atoms with Crippen LogP contribution in [-0.4, -0.2) is 16.3 Å². The summed E-state index contributed by atoms with van der Waals surface area (Å²) >= 11 is 7.73. The number of hydrogen-bond donors (Lipinski definition) is 1. The number of rotatable bonds is 5. The van der Waals surface area contributed by atoms with E-state index in [0.29, 0.717) is 6.04 Å². The number of nitrogens with zero attached hydrogens (tertiary/aromatic N) is 2. The predicted octanol–water partition coefficient (Wildman–Crippen LogP) is 3.26. The fourth-order valence-corrected chi connectivity index (χ4v) is 2.55. The third kappa shape index (κ3) is 3.31. The molecule has 0 saturated carbocycles. The molecule has 1 atom stereocenters. The van der Waals surface area contributed by atoms with Crippen LogP contribution >= 0.6 is 22.9 Å². The quantitative estimate of drug-likeness (QED) is 0.903. The highest BCUT2D eigenvalue weighted by Crippen LogP contribution is 2.17. The summed E-state index contributed by atoms with van der Waals surface area (Å²) < 4.78 is 1.88. The summed E-state index contributed by atoms with van der Waals surface area (Å²) in [4.78, 5) is 1.36. The second-order valence-electron chi connectivity index (χ2n) is 4.02. The van der Waals surface area contributed by atoms with Crippen molar-refractivity contribution >= 4 is 22.9 Å². The molecule has 0 radical (unpaired) electrons. The van der Waals surface area contributed by atoms with Gasteiger partial charge in [0.25, 0.3) is 0 Å². The van der Waals surface area contributed by atoms with Crippen molar-refractivity contribution in [3.8, 4) is 0 Å². The van der Waals surface area contributed by atoms with E-state index < -0.39 is 0 Å². The minimum atomic E-state index is 0.391. The van der Waals surface area contributed by atoms with Gasteiger partial charge in [-0.25, -0.2) is 0 Å². The van der Waals surface area contributed by atoms with Crippen LogP contribution in [-0.2, 0) is 6.54 Å². The fraction of sp³-hybridized carbons (Fsp3) is 0.417. The molecular weight excluding hydrogens is 254 g/mol. The average Bonchev–Trinajstić information content (AvgIpc) is 2.90. The summed E-state index contributed by atoms with van der Waals surface area (Å²) in [5, 5.41) is 10.6. The van der Waals surface area contributed by atoms with Crippen LogP contribution in [0.15, 0.2) is 23.7 Å². The third-order valence-corrected chi connectivity index (χ3v) is 4.07. The Balaban J connectivity index is 1.80. The number of thiophene rings is 1. The molecule has 5 heteroatoms. The summed E-state index contributed by atoms with van der Waals surface area (Å²) in [5.41, 5.74) is 0.887. The van der Waals surface area contributed by atoms with Crippen LogP contribution < -0.4 is 5.32 Å². The van der Waals surface area contributed by atoms with E-state index in [2.05, 4.69) is 34.9 Å². The lowest BCUT2D eigenvalue weighted by Crippen LogP contribution is -2.23. The van der Waals surface area contributed by atoms with E-state index in [9.17, 15) is 0 Å². The number of nitrogens with one attached hydrogen (secondary N) is 1. The molecule has 2 aromatic rings. The van der Waals surface area contributed by atoms with Crippen molar-refractivity contribution in [3.05, 3.63) is 39.3 Å². The van der Waals surface area contributed by atoms with Gasteiger partial charge in [-0.2, -0.15) is 5.10 Å². The molecular formula is C12H16ClN3S. The van der Waals surface area contributed by atoms with E-state index in [1.54, 1.807) is 11.3 Å². The molecule has 1 N–H and O–H groups in total. The second kappa shape index (κ2) is 5.67. The lowest BCUT2D eigenvalue weighted by Gasteiger charge is -2.11. The zero-order chi connectivity index (χ0) is 12.3. The summed E-state index contributed by atoms with van der Waals surface area (Å²) in [6, 6.07) is 4.62. The number of hydrogen-bond acceptors (Lipinski definition) is 3. The maximum absolute atomic E-state index is 5.95. The van der Waals surface area contributed by atoms with Gasteiger partial charge in [-0.05, 0) is 25.3 Å². The standard InChI is InChI=1S/C12H16ClN3S/c1-9-11(13)8-16(15-9)6-5-14-10(2)12-4-3-7-17-12/h3-4,7-8,10,14H,5-6H2,1-2H3. The van der Waals surface area contributed by atoms with Gasteiger partial charge in [-0.15, -0.1) is 11.3 Å². The molecule has 0 amide bonds. The topological polar surface area (TPSA) is 29.9 Å². The van der Waals surface area contributed by atoms with Crippen molar-refractivity contribution in [2.45, 2.75) is 26.4 Å². The molecule has 0 spiro atoms. The lowest BCUT2D eigenvalue weighted by atomic mass is 10.3. The minimum Gasteiger partial charge on any atom is -0.308 e. The van der Waals surface area contributed by atoms with Gasteiger partial charge in [0.05, 0.1) is 17.3 Å². The van der Waals surface area contributed by atoms with Gasteiger partial charge in [-0.1, -0.05) is 17.7 Å². The van der Waals surface area contributed by atoms with Gasteiger partial charge in [-0.3, -0.25) is 4.68 Å². The summed E-state index contributed by atoms with van der Waals surface area (Å²) in [7, 11) is 0. The Labute approximate surface area is 110 Å².